The summed E-state index contributed by atoms with van der Waals surface area (Å²) in [5.41, 5.74) is 6.62. The maximum Gasteiger partial charge on any atom is 0.220 e. The van der Waals surface area contributed by atoms with E-state index in [0.29, 0.717) is 42.8 Å². The van der Waals surface area contributed by atoms with Crippen LogP contribution in [0, 0.1) is 5.82 Å². The molecular weight excluding hydrogens is 235 g/mol. The molecule has 1 aromatic heterocycles. The van der Waals surface area contributed by atoms with Crippen LogP contribution in [0.3, 0.4) is 0 Å². The molecule has 1 amide bonds. The molecule has 18 heavy (non-hydrogen) atoms. The van der Waals surface area contributed by atoms with Crippen molar-refractivity contribution in [2.24, 2.45) is 5.73 Å². The van der Waals surface area contributed by atoms with E-state index >= 15 is 0 Å². The van der Waals surface area contributed by atoms with Gasteiger partial charge in [0.2, 0.25) is 5.91 Å². The summed E-state index contributed by atoms with van der Waals surface area (Å²) in [6.07, 6.45) is 1.07. The molecule has 2 aromatic rings. The van der Waals surface area contributed by atoms with E-state index in [1.165, 1.54) is 12.1 Å². The lowest BCUT2D eigenvalue weighted by molar-refractivity contribution is -0.121. The van der Waals surface area contributed by atoms with Gasteiger partial charge in [0.25, 0.3) is 0 Å². The number of imidazole rings is 1. The van der Waals surface area contributed by atoms with Crippen LogP contribution in [0.4, 0.5) is 4.39 Å². The van der Waals surface area contributed by atoms with Gasteiger partial charge in [-0.1, -0.05) is 0 Å². The lowest BCUT2D eigenvalue weighted by Crippen LogP contribution is -2.23. The van der Waals surface area contributed by atoms with Gasteiger partial charge in [-0.2, -0.15) is 0 Å². The Morgan fingerprint density at radius 3 is 3.11 bits per heavy atom. The van der Waals surface area contributed by atoms with E-state index in [0.717, 1.165) is 0 Å². The van der Waals surface area contributed by atoms with Gasteiger partial charge in [0.05, 0.1) is 17.6 Å². The minimum atomic E-state index is -0.315. The second-order valence-electron chi connectivity index (χ2n) is 4.01. The second kappa shape index (κ2) is 5.59. The Hall–Kier alpha value is -1.95. The van der Waals surface area contributed by atoms with Crippen molar-refractivity contribution in [1.82, 2.24) is 15.3 Å². The fourth-order valence-corrected chi connectivity index (χ4v) is 1.65. The fourth-order valence-electron chi connectivity index (χ4n) is 1.65. The van der Waals surface area contributed by atoms with Gasteiger partial charge < -0.3 is 16.0 Å². The smallest absolute Gasteiger partial charge is 0.220 e. The van der Waals surface area contributed by atoms with Crippen LogP contribution in [0.1, 0.15) is 18.7 Å². The molecule has 0 atom stereocenters. The quantitative estimate of drug-likeness (QED) is 0.741. The number of nitrogens with two attached hydrogens (primary N) is 1. The molecule has 6 heteroatoms. The SMILES string of the molecule is NCCCC(=O)NCc1nc2ccc(F)cc2[nH]1. The van der Waals surface area contributed by atoms with Crippen LogP contribution >= 0.6 is 0 Å². The van der Waals surface area contributed by atoms with Gasteiger partial charge in [-0.3, -0.25) is 4.79 Å². The van der Waals surface area contributed by atoms with Crippen molar-refractivity contribution < 1.29 is 9.18 Å². The minimum Gasteiger partial charge on any atom is -0.349 e. The van der Waals surface area contributed by atoms with Crippen molar-refractivity contribution in [3.63, 3.8) is 0 Å². The monoisotopic (exact) mass is 250 g/mol. The number of halogens is 1. The Balaban J connectivity index is 1.97. The Morgan fingerprint density at radius 1 is 1.50 bits per heavy atom. The van der Waals surface area contributed by atoms with Gasteiger partial charge in [-0.15, -0.1) is 0 Å². The highest BCUT2D eigenvalue weighted by atomic mass is 19.1. The number of aromatic nitrogens is 2. The standard InChI is InChI=1S/C12H15FN4O/c13-8-3-4-9-10(6-8)17-11(16-9)7-15-12(18)2-1-5-14/h3-4,6H,1-2,5,7,14H2,(H,15,18)(H,16,17). The Labute approximate surface area is 104 Å². The molecule has 0 aliphatic rings. The topological polar surface area (TPSA) is 83.8 Å². The number of benzene rings is 1. The van der Waals surface area contributed by atoms with E-state index in [9.17, 15) is 9.18 Å². The number of fused-ring (bicyclic) bond motifs is 1. The molecule has 0 radical (unpaired) electrons. The normalized spacial score (nSPS) is 10.8. The average Bonchev–Trinajstić information content (AvgIpc) is 2.75. The molecule has 4 N–H and O–H groups in total. The summed E-state index contributed by atoms with van der Waals surface area (Å²) in [6, 6.07) is 4.33. The van der Waals surface area contributed by atoms with Crippen LogP contribution in [0.25, 0.3) is 11.0 Å². The van der Waals surface area contributed by atoms with Crippen LogP contribution in [-0.4, -0.2) is 22.4 Å². The second-order valence-corrected chi connectivity index (χ2v) is 4.01. The molecule has 0 unspecified atom stereocenters. The first kappa shape index (κ1) is 12.5. The molecule has 2 rings (SSSR count). The molecule has 0 aliphatic carbocycles. The van der Waals surface area contributed by atoms with Crippen molar-refractivity contribution >= 4 is 16.9 Å². The number of carbonyl (C=O) groups is 1. The third-order valence-electron chi connectivity index (χ3n) is 2.55. The number of hydrogen-bond acceptors (Lipinski definition) is 3. The summed E-state index contributed by atoms with van der Waals surface area (Å²) in [6.45, 7) is 0.803. The Morgan fingerprint density at radius 2 is 2.33 bits per heavy atom. The molecule has 0 saturated heterocycles. The predicted octanol–water partition coefficient (Wildman–Crippen LogP) is 1.06. The molecule has 0 saturated carbocycles. The largest absolute Gasteiger partial charge is 0.349 e. The molecule has 96 valence electrons. The molecule has 1 aromatic carbocycles. The zero-order valence-corrected chi connectivity index (χ0v) is 9.87. The first-order valence-corrected chi connectivity index (χ1v) is 5.80. The van der Waals surface area contributed by atoms with Gasteiger partial charge in [0.1, 0.15) is 11.6 Å². The number of amides is 1. The van der Waals surface area contributed by atoms with Crippen LogP contribution in [0.2, 0.25) is 0 Å². The van der Waals surface area contributed by atoms with E-state index in [1.54, 1.807) is 6.07 Å². The van der Waals surface area contributed by atoms with E-state index in [4.69, 9.17) is 5.73 Å². The summed E-state index contributed by atoms with van der Waals surface area (Å²) in [5.74, 6) is 0.230. The molecule has 0 fully saturated rings. The molecular formula is C12H15FN4O. The van der Waals surface area contributed by atoms with Gasteiger partial charge in [-0.05, 0) is 31.2 Å². The number of nitrogens with one attached hydrogen (secondary N) is 2. The molecule has 5 nitrogen and oxygen atoms in total. The number of nitrogens with zero attached hydrogens (tertiary/aromatic N) is 1. The van der Waals surface area contributed by atoms with E-state index in [1.807, 2.05) is 0 Å². The van der Waals surface area contributed by atoms with E-state index in [2.05, 4.69) is 15.3 Å². The van der Waals surface area contributed by atoms with Crippen LogP contribution < -0.4 is 11.1 Å². The molecule has 0 aliphatic heterocycles. The third-order valence-corrected chi connectivity index (χ3v) is 2.55. The Bertz CT molecular complexity index is 552. The Kier molecular flexibility index (Phi) is 3.88. The highest BCUT2D eigenvalue weighted by Crippen LogP contribution is 2.12. The summed E-state index contributed by atoms with van der Waals surface area (Å²) < 4.78 is 13.0. The van der Waals surface area contributed by atoms with Crippen molar-refractivity contribution in [1.29, 1.82) is 0 Å². The summed E-state index contributed by atoms with van der Waals surface area (Å²) >= 11 is 0. The van der Waals surface area contributed by atoms with Crippen molar-refractivity contribution in [2.75, 3.05) is 6.54 Å². The van der Waals surface area contributed by atoms with Crippen molar-refractivity contribution in [3.05, 3.63) is 29.8 Å². The third kappa shape index (κ3) is 3.04. The lowest BCUT2D eigenvalue weighted by Gasteiger charge is -2.01. The van der Waals surface area contributed by atoms with Crippen molar-refractivity contribution in [3.8, 4) is 0 Å². The zero-order chi connectivity index (χ0) is 13.0. The van der Waals surface area contributed by atoms with Gasteiger partial charge in [0.15, 0.2) is 0 Å². The highest BCUT2D eigenvalue weighted by molar-refractivity contribution is 5.77. The summed E-state index contributed by atoms with van der Waals surface area (Å²) in [5, 5.41) is 2.73. The molecule has 0 spiro atoms. The van der Waals surface area contributed by atoms with Crippen LogP contribution in [0.15, 0.2) is 18.2 Å². The van der Waals surface area contributed by atoms with Gasteiger partial charge in [-0.25, -0.2) is 9.37 Å². The number of aromatic amines is 1. The van der Waals surface area contributed by atoms with E-state index < -0.39 is 0 Å². The zero-order valence-electron chi connectivity index (χ0n) is 9.87. The van der Waals surface area contributed by atoms with Gasteiger partial charge >= 0.3 is 0 Å². The fraction of sp³-hybridized carbons (Fsp3) is 0.333. The first-order chi connectivity index (χ1) is 8.69. The first-order valence-electron chi connectivity index (χ1n) is 5.80. The summed E-state index contributed by atoms with van der Waals surface area (Å²) in [7, 11) is 0. The number of carbonyl (C=O) groups excluding carboxylic acids is 1. The number of H-pyrrole nitrogens is 1. The summed E-state index contributed by atoms with van der Waals surface area (Å²) in [4.78, 5) is 18.6. The highest BCUT2D eigenvalue weighted by Gasteiger charge is 2.05. The van der Waals surface area contributed by atoms with E-state index in [-0.39, 0.29) is 11.7 Å². The lowest BCUT2D eigenvalue weighted by atomic mass is 10.3. The number of rotatable bonds is 5. The number of hydrogen-bond donors (Lipinski definition) is 3. The molecule has 0 bridgehead atoms. The molecule has 1 heterocycles. The van der Waals surface area contributed by atoms with Crippen LogP contribution in [-0.2, 0) is 11.3 Å². The van der Waals surface area contributed by atoms with Crippen molar-refractivity contribution in [2.45, 2.75) is 19.4 Å². The van der Waals surface area contributed by atoms with Crippen LogP contribution in [0.5, 0.6) is 0 Å². The average molecular weight is 250 g/mol. The maximum atomic E-state index is 13.0. The van der Waals surface area contributed by atoms with Gasteiger partial charge in [0, 0.05) is 6.42 Å². The maximum absolute atomic E-state index is 13.0. The predicted molar refractivity (Wildman–Crippen MR) is 66.2 cm³/mol. The minimum absolute atomic E-state index is 0.0629.